The summed E-state index contributed by atoms with van der Waals surface area (Å²) >= 11 is 12.1. The van der Waals surface area contributed by atoms with Gasteiger partial charge < -0.3 is 29.5 Å². The number of carbonyl (C=O) groups is 1. The van der Waals surface area contributed by atoms with Gasteiger partial charge in [-0.1, -0.05) is 29.3 Å². The Morgan fingerprint density at radius 3 is 2.64 bits per heavy atom. The summed E-state index contributed by atoms with van der Waals surface area (Å²) in [7, 11) is 0. The Morgan fingerprint density at radius 1 is 1.09 bits per heavy atom. The molecular weight excluding hydrogens is 467 g/mol. The fourth-order valence-electron chi connectivity index (χ4n) is 4.06. The van der Waals surface area contributed by atoms with Gasteiger partial charge in [0.05, 0.1) is 24.1 Å². The average Bonchev–Trinajstić information content (AvgIpc) is 3.33. The van der Waals surface area contributed by atoms with Gasteiger partial charge in [0.15, 0.2) is 11.5 Å². The second kappa shape index (κ2) is 11.3. The average molecular weight is 495 g/mol. The number of rotatable bonds is 9. The van der Waals surface area contributed by atoms with E-state index in [0.29, 0.717) is 52.6 Å². The van der Waals surface area contributed by atoms with E-state index in [0.717, 1.165) is 25.9 Å². The van der Waals surface area contributed by atoms with Crippen LogP contribution in [-0.2, 0) is 4.79 Å². The summed E-state index contributed by atoms with van der Waals surface area (Å²) in [5, 5.41) is 15.1. The number of nitrogens with zero attached hydrogens (tertiary/aromatic N) is 1. The normalized spacial score (nSPS) is 17.4. The lowest BCUT2D eigenvalue weighted by Crippen LogP contribution is -2.47. The molecule has 1 amide bonds. The molecule has 0 aromatic heterocycles. The highest BCUT2D eigenvalue weighted by molar-refractivity contribution is 6.34. The molecule has 1 saturated heterocycles. The quantitative estimate of drug-likeness (QED) is 0.551. The zero-order chi connectivity index (χ0) is 23.2. The maximum Gasteiger partial charge on any atom is 0.223 e. The van der Waals surface area contributed by atoms with Gasteiger partial charge in [0.2, 0.25) is 5.91 Å². The van der Waals surface area contributed by atoms with Gasteiger partial charge in [0, 0.05) is 17.6 Å². The number of nitrogens with one attached hydrogen (secondary N) is 1. The van der Waals surface area contributed by atoms with E-state index in [1.807, 2.05) is 6.07 Å². The summed E-state index contributed by atoms with van der Waals surface area (Å²) in [6, 6.07) is 9.85. The molecule has 2 N–H and O–H groups in total. The molecule has 178 valence electrons. The molecule has 2 aromatic carbocycles. The molecule has 1 fully saturated rings. The molecule has 2 aromatic rings. The largest absolute Gasteiger partial charge is 0.491 e. The molecule has 0 bridgehead atoms. The van der Waals surface area contributed by atoms with Crippen molar-refractivity contribution in [2.24, 2.45) is 0 Å². The van der Waals surface area contributed by atoms with Gasteiger partial charge in [-0.2, -0.15) is 0 Å². The van der Waals surface area contributed by atoms with Crippen LogP contribution in [0.25, 0.3) is 0 Å². The fourth-order valence-corrected chi connectivity index (χ4v) is 4.40. The van der Waals surface area contributed by atoms with Crippen LogP contribution in [-0.4, -0.2) is 61.4 Å². The van der Waals surface area contributed by atoms with Crippen LogP contribution < -0.4 is 19.5 Å². The third-order valence-corrected chi connectivity index (χ3v) is 6.32. The smallest absolute Gasteiger partial charge is 0.223 e. The van der Waals surface area contributed by atoms with Crippen molar-refractivity contribution in [2.75, 3.05) is 39.5 Å². The number of amides is 1. The van der Waals surface area contributed by atoms with E-state index in [-0.39, 0.29) is 18.9 Å². The van der Waals surface area contributed by atoms with E-state index in [1.165, 1.54) is 0 Å². The molecular formula is C24H28Cl2N2O5. The molecule has 0 unspecified atom stereocenters. The Morgan fingerprint density at radius 2 is 1.85 bits per heavy atom. The molecule has 0 radical (unpaired) electrons. The number of aliphatic hydroxyl groups excluding tert-OH is 1. The minimum absolute atomic E-state index is 0.118. The topological polar surface area (TPSA) is 80.3 Å². The lowest BCUT2D eigenvalue weighted by Gasteiger charge is -2.29. The number of hydrogen-bond acceptors (Lipinski definition) is 6. The van der Waals surface area contributed by atoms with Crippen LogP contribution in [0.5, 0.6) is 17.2 Å². The lowest BCUT2D eigenvalue weighted by atomic mass is 10.0. The summed E-state index contributed by atoms with van der Waals surface area (Å²) in [6.07, 6.45) is 1.46. The maximum absolute atomic E-state index is 12.7. The number of hydrogen-bond donors (Lipinski definition) is 2. The Kier molecular flexibility index (Phi) is 8.20. The lowest BCUT2D eigenvalue weighted by molar-refractivity contribution is -0.123. The number of fused-ring (bicyclic) bond motifs is 1. The number of halogens is 2. The molecule has 0 aliphatic carbocycles. The van der Waals surface area contributed by atoms with E-state index in [1.54, 1.807) is 30.3 Å². The second-order valence-electron chi connectivity index (χ2n) is 8.20. The number of ether oxygens (including phenoxy) is 3. The zero-order valence-corrected chi connectivity index (χ0v) is 19.8. The molecule has 2 heterocycles. The number of benzene rings is 2. The monoisotopic (exact) mass is 494 g/mol. The van der Waals surface area contributed by atoms with Crippen LogP contribution in [0.1, 0.15) is 30.9 Å². The van der Waals surface area contributed by atoms with Crippen LogP contribution in [0.15, 0.2) is 36.4 Å². The van der Waals surface area contributed by atoms with Crippen molar-refractivity contribution in [3.05, 3.63) is 52.0 Å². The van der Waals surface area contributed by atoms with Crippen molar-refractivity contribution in [2.45, 2.75) is 31.4 Å². The minimum atomic E-state index is -0.895. The van der Waals surface area contributed by atoms with Gasteiger partial charge in [0.25, 0.3) is 0 Å². The Labute approximate surface area is 203 Å². The van der Waals surface area contributed by atoms with Crippen LogP contribution in [0.2, 0.25) is 10.0 Å². The standard InChI is InChI=1S/C24H28Cl2N2O5/c25-17-4-5-18(26)21(14-17)31-10-7-23(29)27-19(15-28-8-1-2-9-28)24(30)16-3-6-20-22(13-16)33-12-11-32-20/h3-6,13-14,19,24,30H,1-2,7-12,15H2,(H,27,29)/t19-,24-/m1/s1. The van der Waals surface area contributed by atoms with Gasteiger partial charge in [-0.25, -0.2) is 0 Å². The molecule has 9 heteroatoms. The van der Waals surface area contributed by atoms with Crippen LogP contribution in [0.4, 0.5) is 0 Å². The van der Waals surface area contributed by atoms with E-state index in [4.69, 9.17) is 37.4 Å². The summed E-state index contributed by atoms with van der Waals surface area (Å²) in [4.78, 5) is 15.0. The number of carbonyl (C=O) groups excluding carboxylic acids is 1. The summed E-state index contributed by atoms with van der Waals surface area (Å²) in [5.41, 5.74) is 0.672. The van der Waals surface area contributed by atoms with Crippen molar-refractivity contribution in [1.29, 1.82) is 0 Å². The van der Waals surface area contributed by atoms with Gasteiger partial charge >= 0.3 is 0 Å². The molecule has 0 spiro atoms. The third kappa shape index (κ3) is 6.44. The molecule has 4 rings (SSSR count). The van der Waals surface area contributed by atoms with E-state index in [9.17, 15) is 9.90 Å². The van der Waals surface area contributed by atoms with E-state index < -0.39 is 12.1 Å². The maximum atomic E-state index is 12.7. The van der Waals surface area contributed by atoms with E-state index >= 15 is 0 Å². The first kappa shape index (κ1) is 24.0. The fraction of sp³-hybridized carbons (Fsp3) is 0.458. The van der Waals surface area contributed by atoms with Crippen LogP contribution in [0, 0.1) is 0 Å². The highest BCUT2D eigenvalue weighted by Gasteiger charge is 2.27. The highest BCUT2D eigenvalue weighted by Crippen LogP contribution is 2.33. The third-order valence-electron chi connectivity index (χ3n) is 5.77. The van der Waals surface area contributed by atoms with E-state index in [2.05, 4.69) is 10.2 Å². The zero-order valence-electron chi connectivity index (χ0n) is 18.3. The van der Waals surface area contributed by atoms with Gasteiger partial charge in [-0.15, -0.1) is 0 Å². The summed E-state index contributed by atoms with van der Waals surface area (Å²) < 4.78 is 16.9. The predicted octanol–water partition coefficient (Wildman–Crippen LogP) is 3.85. The molecule has 33 heavy (non-hydrogen) atoms. The second-order valence-corrected chi connectivity index (χ2v) is 9.05. The van der Waals surface area contributed by atoms with Crippen molar-refractivity contribution in [3.8, 4) is 17.2 Å². The van der Waals surface area contributed by atoms with Gasteiger partial charge in [0.1, 0.15) is 25.1 Å². The van der Waals surface area contributed by atoms with Gasteiger partial charge in [-0.3, -0.25) is 4.79 Å². The van der Waals surface area contributed by atoms with Gasteiger partial charge in [-0.05, 0) is 55.8 Å². The molecule has 7 nitrogen and oxygen atoms in total. The minimum Gasteiger partial charge on any atom is -0.491 e. The molecule has 0 saturated carbocycles. The molecule has 2 aliphatic rings. The van der Waals surface area contributed by atoms with Crippen LogP contribution in [0.3, 0.4) is 0 Å². The summed E-state index contributed by atoms with van der Waals surface area (Å²) in [5.74, 6) is 1.49. The Balaban J connectivity index is 1.39. The summed E-state index contributed by atoms with van der Waals surface area (Å²) in [6.45, 7) is 3.58. The Hall–Kier alpha value is -2.19. The first-order valence-electron chi connectivity index (χ1n) is 11.2. The van der Waals surface area contributed by atoms with Crippen molar-refractivity contribution in [3.63, 3.8) is 0 Å². The van der Waals surface area contributed by atoms with Crippen molar-refractivity contribution < 1.29 is 24.1 Å². The highest BCUT2D eigenvalue weighted by atomic mass is 35.5. The van der Waals surface area contributed by atoms with Crippen molar-refractivity contribution >= 4 is 29.1 Å². The number of aliphatic hydroxyl groups is 1. The number of likely N-dealkylation sites (tertiary alicyclic amines) is 1. The SMILES string of the molecule is O=C(CCOc1cc(Cl)ccc1Cl)N[C@H](CN1CCCC1)[C@H](O)c1ccc2c(c1)OCCO2. The van der Waals surface area contributed by atoms with Crippen molar-refractivity contribution in [1.82, 2.24) is 10.2 Å². The first-order valence-corrected chi connectivity index (χ1v) is 11.9. The Bertz CT molecular complexity index is 968. The molecule has 2 atom stereocenters. The molecule has 2 aliphatic heterocycles. The van der Waals surface area contributed by atoms with Crippen LogP contribution >= 0.6 is 23.2 Å². The first-order chi connectivity index (χ1) is 16.0. The predicted molar refractivity (Wildman–Crippen MR) is 127 cm³/mol.